The number of anilines is 1. The second kappa shape index (κ2) is 4.75. The minimum absolute atomic E-state index is 0.00127. The average molecular weight is 333 g/mol. The Morgan fingerprint density at radius 1 is 1.11 bits per heavy atom. The quantitative estimate of drug-likeness (QED) is 0.724. The largest absolute Gasteiger partial charge is 0.375 e. The third kappa shape index (κ3) is 2.39. The van der Waals surface area contributed by atoms with Gasteiger partial charge in [0.25, 0.3) is 0 Å². The number of hydrogen-bond acceptors (Lipinski definition) is 4. The van der Waals surface area contributed by atoms with Gasteiger partial charge < -0.3 is 5.73 Å². The van der Waals surface area contributed by atoms with Crippen LogP contribution in [0.15, 0.2) is 46.9 Å². The van der Waals surface area contributed by atoms with Crippen molar-refractivity contribution in [1.29, 1.82) is 0 Å². The van der Waals surface area contributed by atoms with Crippen LogP contribution in [-0.2, 0) is 0 Å². The van der Waals surface area contributed by atoms with Crippen LogP contribution in [0, 0.1) is 0 Å². The van der Waals surface area contributed by atoms with Gasteiger partial charge in [0.15, 0.2) is 10.9 Å². The fourth-order valence-electron chi connectivity index (χ4n) is 1.85. The van der Waals surface area contributed by atoms with Crippen molar-refractivity contribution in [3.63, 3.8) is 0 Å². The Bertz CT molecular complexity index is 765. The summed E-state index contributed by atoms with van der Waals surface area (Å²) < 4.78 is 1.88. The Morgan fingerprint density at radius 2 is 1.79 bits per heavy atom. The van der Waals surface area contributed by atoms with Crippen LogP contribution in [0.4, 0.5) is 5.13 Å². The summed E-state index contributed by atoms with van der Waals surface area (Å²) in [6.45, 7) is 0. The number of nitrogens with zero attached hydrogens (tertiary/aromatic N) is 1. The lowest BCUT2D eigenvalue weighted by Gasteiger charge is -2.01. The molecule has 94 valence electrons. The molecule has 19 heavy (non-hydrogen) atoms. The van der Waals surface area contributed by atoms with Crippen molar-refractivity contribution in [1.82, 2.24) is 4.98 Å². The van der Waals surface area contributed by atoms with Gasteiger partial charge in [0.2, 0.25) is 0 Å². The summed E-state index contributed by atoms with van der Waals surface area (Å²) in [4.78, 5) is 16.5. The van der Waals surface area contributed by atoms with Crippen molar-refractivity contribution in [3.8, 4) is 0 Å². The summed E-state index contributed by atoms with van der Waals surface area (Å²) >= 11 is 4.74. The van der Waals surface area contributed by atoms with Crippen molar-refractivity contribution in [2.24, 2.45) is 0 Å². The first kappa shape index (κ1) is 12.3. The molecular weight excluding hydrogens is 324 g/mol. The topological polar surface area (TPSA) is 56.0 Å². The molecule has 0 amide bonds. The molecule has 0 aliphatic carbocycles. The first-order chi connectivity index (χ1) is 9.13. The number of rotatable bonds is 2. The van der Waals surface area contributed by atoms with Crippen molar-refractivity contribution >= 4 is 48.4 Å². The number of nitrogen functional groups attached to an aromatic ring is 1. The van der Waals surface area contributed by atoms with E-state index in [1.54, 1.807) is 18.2 Å². The van der Waals surface area contributed by atoms with Gasteiger partial charge in [0.05, 0.1) is 10.2 Å². The molecule has 5 heteroatoms. The van der Waals surface area contributed by atoms with E-state index in [-0.39, 0.29) is 5.78 Å². The SMILES string of the molecule is Nc1nc2ccc(C(=O)c3ccc(Br)cc3)cc2s1. The van der Waals surface area contributed by atoms with Crippen molar-refractivity contribution in [2.45, 2.75) is 0 Å². The lowest BCUT2D eigenvalue weighted by Crippen LogP contribution is -2.00. The number of thiazole rings is 1. The van der Waals surface area contributed by atoms with E-state index < -0.39 is 0 Å². The molecule has 1 aromatic heterocycles. The number of benzene rings is 2. The van der Waals surface area contributed by atoms with Crippen molar-refractivity contribution in [2.75, 3.05) is 5.73 Å². The maximum absolute atomic E-state index is 12.3. The molecule has 2 aromatic carbocycles. The van der Waals surface area contributed by atoms with E-state index in [9.17, 15) is 4.79 Å². The Kier molecular flexibility index (Phi) is 3.08. The fourth-order valence-corrected chi connectivity index (χ4v) is 2.89. The highest BCUT2D eigenvalue weighted by Crippen LogP contribution is 2.25. The fraction of sp³-hybridized carbons (Fsp3) is 0. The van der Waals surface area contributed by atoms with Crippen LogP contribution in [0.3, 0.4) is 0 Å². The summed E-state index contributed by atoms with van der Waals surface area (Å²) in [5.74, 6) is 0.00127. The standard InChI is InChI=1S/C14H9BrN2OS/c15-10-4-1-8(2-5-10)13(18)9-3-6-11-12(7-9)19-14(16)17-11/h1-7H,(H2,16,17). The van der Waals surface area contributed by atoms with Gasteiger partial charge in [-0.2, -0.15) is 0 Å². The number of ketones is 1. The summed E-state index contributed by atoms with van der Waals surface area (Å²) in [7, 11) is 0. The van der Waals surface area contributed by atoms with Crippen LogP contribution < -0.4 is 5.73 Å². The van der Waals surface area contributed by atoms with Gasteiger partial charge in [-0.15, -0.1) is 0 Å². The number of carbonyl (C=O) groups is 1. The van der Waals surface area contributed by atoms with Crippen molar-refractivity contribution < 1.29 is 4.79 Å². The lowest BCUT2D eigenvalue weighted by molar-refractivity contribution is 0.103. The molecule has 1 heterocycles. The minimum atomic E-state index is 0.00127. The highest BCUT2D eigenvalue weighted by atomic mass is 79.9. The highest BCUT2D eigenvalue weighted by molar-refractivity contribution is 9.10. The molecule has 3 rings (SSSR count). The zero-order chi connectivity index (χ0) is 13.4. The summed E-state index contributed by atoms with van der Waals surface area (Å²) in [5.41, 5.74) is 7.81. The zero-order valence-electron chi connectivity index (χ0n) is 9.76. The smallest absolute Gasteiger partial charge is 0.193 e. The first-order valence-electron chi connectivity index (χ1n) is 5.60. The second-order valence-corrected chi connectivity index (χ2v) is 6.05. The number of hydrogen-bond donors (Lipinski definition) is 1. The molecular formula is C14H9BrN2OS. The van der Waals surface area contributed by atoms with Gasteiger partial charge in [0, 0.05) is 15.6 Å². The number of halogens is 1. The van der Waals surface area contributed by atoms with Crippen LogP contribution in [-0.4, -0.2) is 10.8 Å². The second-order valence-electron chi connectivity index (χ2n) is 4.07. The summed E-state index contributed by atoms with van der Waals surface area (Å²) in [6.07, 6.45) is 0. The van der Waals surface area contributed by atoms with E-state index in [4.69, 9.17) is 5.73 Å². The van der Waals surface area contributed by atoms with Crippen LogP contribution in [0.2, 0.25) is 0 Å². The van der Waals surface area contributed by atoms with Crippen LogP contribution in [0.1, 0.15) is 15.9 Å². The van der Waals surface area contributed by atoms with E-state index in [0.717, 1.165) is 14.7 Å². The normalized spacial score (nSPS) is 10.8. The van der Waals surface area contributed by atoms with E-state index >= 15 is 0 Å². The van der Waals surface area contributed by atoms with Crippen LogP contribution in [0.5, 0.6) is 0 Å². The number of fused-ring (bicyclic) bond motifs is 1. The maximum atomic E-state index is 12.3. The molecule has 0 aliphatic heterocycles. The molecule has 3 aromatic rings. The molecule has 0 atom stereocenters. The molecule has 0 spiro atoms. The molecule has 0 saturated carbocycles. The molecule has 0 aliphatic rings. The van der Waals surface area contributed by atoms with Crippen molar-refractivity contribution in [3.05, 3.63) is 58.1 Å². The Morgan fingerprint density at radius 3 is 2.53 bits per heavy atom. The molecule has 0 saturated heterocycles. The molecule has 2 N–H and O–H groups in total. The lowest BCUT2D eigenvalue weighted by atomic mass is 10.0. The van der Waals surface area contributed by atoms with Crippen LogP contribution >= 0.6 is 27.3 Å². The Balaban J connectivity index is 2.03. The third-order valence-electron chi connectivity index (χ3n) is 2.77. The van der Waals surface area contributed by atoms with E-state index in [0.29, 0.717) is 16.3 Å². The first-order valence-corrected chi connectivity index (χ1v) is 7.21. The monoisotopic (exact) mass is 332 g/mol. The maximum Gasteiger partial charge on any atom is 0.193 e. The van der Waals surface area contributed by atoms with Gasteiger partial charge in [-0.05, 0) is 42.5 Å². The number of carbonyl (C=O) groups excluding carboxylic acids is 1. The average Bonchev–Trinajstić information content (AvgIpc) is 2.77. The predicted molar refractivity (Wildman–Crippen MR) is 81.6 cm³/mol. The molecule has 0 fully saturated rings. The molecule has 3 nitrogen and oxygen atoms in total. The highest BCUT2D eigenvalue weighted by Gasteiger charge is 2.11. The molecule has 0 bridgehead atoms. The number of nitrogens with two attached hydrogens (primary N) is 1. The Hall–Kier alpha value is -1.72. The summed E-state index contributed by atoms with van der Waals surface area (Å²) in [6, 6.07) is 12.8. The Labute approximate surface area is 122 Å². The van der Waals surface area contributed by atoms with Gasteiger partial charge >= 0.3 is 0 Å². The van der Waals surface area contributed by atoms with Gasteiger partial charge in [0.1, 0.15) is 0 Å². The molecule has 0 unspecified atom stereocenters. The zero-order valence-corrected chi connectivity index (χ0v) is 12.2. The number of aromatic nitrogens is 1. The summed E-state index contributed by atoms with van der Waals surface area (Å²) in [5, 5.41) is 0.517. The van der Waals surface area contributed by atoms with E-state index in [2.05, 4.69) is 20.9 Å². The van der Waals surface area contributed by atoms with Gasteiger partial charge in [-0.3, -0.25) is 4.79 Å². The minimum Gasteiger partial charge on any atom is -0.375 e. The van der Waals surface area contributed by atoms with Gasteiger partial charge in [-0.1, -0.05) is 27.3 Å². The van der Waals surface area contributed by atoms with E-state index in [1.807, 2.05) is 24.3 Å². The van der Waals surface area contributed by atoms with Crippen LogP contribution in [0.25, 0.3) is 10.2 Å². The predicted octanol–water partition coefficient (Wildman–Crippen LogP) is 3.87. The van der Waals surface area contributed by atoms with E-state index in [1.165, 1.54) is 11.3 Å². The third-order valence-corrected chi connectivity index (χ3v) is 4.15. The van der Waals surface area contributed by atoms with Gasteiger partial charge in [-0.25, -0.2) is 4.98 Å². The molecule has 0 radical (unpaired) electrons.